The summed E-state index contributed by atoms with van der Waals surface area (Å²) in [5, 5.41) is -1.01. The van der Waals surface area contributed by atoms with Crippen LogP contribution in [0.5, 0.6) is 0 Å². The van der Waals surface area contributed by atoms with Gasteiger partial charge in [0.1, 0.15) is 17.5 Å². The van der Waals surface area contributed by atoms with Crippen LogP contribution in [0, 0.1) is 17.5 Å². The average molecular weight is 315 g/mol. The Morgan fingerprint density at radius 2 is 1.62 bits per heavy atom. The van der Waals surface area contributed by atoms with E-state index in [4.69, 9.17) is 16.3 Å². The van der Waals surface area contributed by atoms with Gasteiger partial charge in [-0.3, -0.25) is 0 Å². The summed E-state index contributed by atoms with van der Waals surface area (Å²) in [6, 6.07) is 8.30. The van der Waals surface area contributed by atoms with Crippen molar-refractivity contribution in [2.45, 2.75) is 11.8 Å². The Kier molecular flexibility index (Phi) is 5.26. The topological polar surface area (TPSA) is 9.23 Å². The van der Waals surface area contributed by atoms with Crippen molar-refractivity contribution >= 4 is 11.6 Å². The lowest BCUT2D eigenvalue weighted by atomic mass is 10.0. The lowest BCUT2D eigenvalue weighted by molar-refractivity contribution is 0.202. The van der Waals surface area contributed by atoms with Crippen LogP contribution in [0.25, 0.3) is 0 Å². The first-order valence-corrected chi connectivity index (χ1v) is 6.83. The Balaban J connectivity index is 2.26. The highest BCUT2D eigenvalue weighted by Crippen LogP contribution is 2.33. The van der Waals surface area contributed by atoms with E-state index in [1.807, 2.05) is 12.1 Å². The van der Waals surface area contributed by atoms with Crippen LogP contribution in [0.15, 0.2) is 36.4 Å². The summed E-state index contributed by atoms with van der Waals surface area (Å²) in [6.45, 7) is 0.588. The van der Waals surface area contributed by atoms with E-state index in [1.54, 1.807) is 19.2 Å². The molecule has 0 fully saturated rings. The third-order valence-electron chi connectivity index (χ3n) is 3.16. The third-order valence-corrected chi connectivity index (χ3v) is 3.63. The van der Waals surface area contributed by atoms with Crippen molar-refractivity contribution in [3.05, 3.63) is 70.5 Å². The van der Waals surface area contributed by atoms with E-state index >= 15 is 0 Å². The van der Waals surface area contributed by atoms with Crippen LogP contribution in [0.1, 0.15) is 22.1 Å². The summed E-state index contributed by atoms with van der Waals surface area (Å²) in [7, 11) is 1.61. The molecule has 1 nitrogen and oxygen atoms in total. The highest BCUT2D eigenvalue weighted by Gasteiger charge is 2.21. The molecule has 0 aliphatic rings. The predicted octanol–water partition coefficient (Wildman–Crippen LogP) is 4.62. The van der Waals surface area contributed by atoms with Gasteiger partial charge in [-0.1, -0.05) is 24.3 Å². The monoisotopic (exact) mass is 314 g/mol. The molecule has 2 aromatic rings. The van der Waals surface area contributed by atoms with Crippen LogP contribution in [0.3, 0.4) is 0 Å². The summed E-state index contributed by atoms with van der Waals surface area (Å²) < 4.78 is 45.3. The fourth-order valence-corrected chi connectivity index (χ4v) is 2.39. The molecule has 0 radical (unpaired) electrons. The molecular weight excluding hydrogens is 301 g/mol. The van der Waals surface area contributed by atoms with E-state index < -0.39 is 22.8 Å². The maximum atomic E-state index is 13.7. The van der Waals surface area contributed by atoms with Crippen molar-refractivity contribution < 1.29 is 17.9 Å². The standard InChI is InChI=1S/C16H14ClF3O/c1-21-7-6-10-2-4-11(5-3-10)16(17)15-13(19)8-12(18)9-14(15)20/h2-5,8-9,16H,6-7H2,1H3. The van der Waals surface area contributed by atoms with E-state index in [0.717, 1.165) is 12.0 Å². The second-order valence-electron chi connectivity index (χ2n) is 4.63. The first kappa shape index (κ1) is 15.9. The van der Waals surface area contributed by atoms with Gasteiger partial charge in [-0.05, 0) is 17.5 Å². The zero-order valence-corrected chi connectivity index (χ0v) is 12.1. The van der Waals surface area contributed by atoms with Gasteiger partial charge in [-0.2, -0.15) is 0 Å². The maximum absolute atomic E-state index is 13.7. The zero-order chi connectivity index (χ0) is 15.4. The van der Waals surface area contributed by atoms with Crippen LogP contribution >= 0.6 is 11.6 Å². The molecule has 0 aliphatic heterocycles. The summed E-state index contributed by atoms with van der Waals surface area (Å²) in [4.78, 5) is 0. The van der Waals surface area contributed by atoms with E-state index in [0.29, 0.717) is 24.3 Å². The second-order valence-corrected chi connectivity index (χ2v) is 5.07. The molecule has 21 heavy (non-hydrogen) atoms. The van der Waals surface area contributed by atoms with E-state index in [1.165, 1.54) is 0 Å². The Morgan fingerprint density at radius 3 is 2.14 bits per heavy atom. The Morgan fingerprint density at radius 1 is 1.05 bits per heavy atom. The Bertz CT molecular complexity index is 590. The van der Waals surface area contributed by atoms with Gasteiger partial charge >= 0.3 is 0 Å². The molecule has 0 aliphatic carbocycles. The molecule has 0 amide bonds. The van der Waals surface area contributed by atoms with Gasteiger partial charge in [0.2, 0.25) is 0 Å². The zero-order valence-electron chi connectivity index (χ0n) is 11.4. The molecule has 0 bridgehead atoms. The minimum absolute atomic E-state index is 0.345. The SMILES string of the molecule is COCCc1ccc(C(Cl)c2c(F)cc(F)cc2F)cc1. The van der Waals surface area contributed by atoms with Crippen molar-refractivity contribution in [2.24, 2.45) is 0 Å². The molecule has 0 spiro atoms. The van der Waals surface area contributed by atoms with Gasteiger partial charge in [-0.15, -0.1) is 11.6 Å². The molecule has 0 saturated carbocycles. The lowest BCUT2D eigenvalue weighted by Crippen LogP contribution is -2.03. The average Bonchev–Trinajstić information content (AvgIpc) is 2.44. The molecule has 0 saturated heterocycles. The Hall–Kier alpha value is -1.52. The number of hydrogen-bond acceptors (Lipinski definition) is 1. The highest BCUT2D eigenvalue weighted by molar-refractivity contribution is 6.22. The fourth-order valence-electron chi connectivity index (χ4n) is 2.04. The number of halogens is 4. The molecule has 2 aromatic carbocycles. The molecule has 2 rings (SSSR count). The number of alkyl halides is 1. The molecule has 112 valence electrons. The lowest BCUT2D eigenvalue weighted by Gasteiger charge is -2.13. The van der Waals surface area contributed by atoms with Crippen LogP contribution in [-0.2, 0) is 11.2 Å². The van der Waals surface area contributed by atoms with Gasteiger partial charge in [-0.25, -0.2) is 13.2 Å². The van der Waals surface area contributed by atoms with Crippen molar-refractivity contribution in [3.8, 4) is 0 Å². The van der Waals surface area contributed by atoms with Crippen LogP contribution < -0.4 is 0 Å². The van der Waals surface area contributed by atoms with E-state index in [9.17, 15) is 13.2 Å². The second kappa shape index (κ2) is 6.96. The normalized spacial score (nSPS) is 12.4. The quantitative estimate of drug-likeness (QED) is 0.732. The van der Waals surface area contributed by atoms with Crippen LogP contribution in [0.2, 0.25) is 0 Å². The van der Waals surface area contributed by atoms with Crippen molar-refractivity contribution in [1.82, 2.24) is 0 Å². The van der Waals surface area contributed by atoms with Crippen LogP contribution in [0.4, 0.5) is 13.2 Å². The summed E-state index contributed by atoms with van der Waals surface area (Å²) in [5.41, 5.74) is 1.23. The van der Waals surface area contributed by atoms with Crippen molar-refractivity contribution in [3.63, 3.8) is 0 Å². The van der Waals surface area contributed by atoms with Crippen molar-refractivity contribution in [1.29, 1.82) is 0 Å². The van der Waals surface area contributed by atoms with E-state index in [-0.39, 0.29) is 5.56 Å². The molecule has 0 heterocycles. The minimum Gasteiger partial charge on any atom is -0.384 e. The minimum atomic E-state index is -1.01. The number of methoxy groups -OCH3 is 1. The largest absolute Gasteiger partial charge is 0.384 e. The predicted molar refractivity (Wildman–Crippen MR) is 76.0 cm³/mol. The van der Waals surface area contributed by atoms with Gasteiger partial charge in [0.05, 0.1) is 12.0 Å². The fraction of sp³-hybridized carbons (Fsp3) is 0.250. The van der Waals surface area contributed by atoms with Crippen LogP contribution in [-0.4, -0.2) is 13.7 Å². The van der Waals surface area contributed by atoms with E-state index in [2.05, 4.69) is 0 Å². The summed E-state index contributed by atoms with van der Waals surface area (Å²) >= 11 is 6.12. The smallest absolute Gasteiger partial charge is 0.134 e. The first-order chi connectivity index (χ1) is 10.0. The molecule has 5 heteroatoms. The van der Waals surface area contributed by atoms with Gasteiger partial charge in [0, 0.05) is 24.8 Å². The molecule has 0 aromatic heterocycles. The maximum Gasteiger partial charge on any atom is 0.134 e. The summed E-state index contributed by atoms with van der Waals surface area (Å²) in [5.74, 6) is -2.94. The molecule has 0 N–H and O–H groups in total. The summed E-state index contributed by atoms with van der Waals surface area (Å²) in [6.07, 6.45) is 0.739. The molecule has 1 unspecified atom stereocenters. The number of benzene rings is 2. The number of hydrogen-bond donors (Lipinski definition) is 0. The first-order valence-electron chi connectivity index (χ1n) is 6.39. The number of ether oxygens (including phenoxy) is 1. The van der Waals surface area contributed by atoms with Gasteiger partial charge in [0.15, 0.2) is 0 Å². The molecular formula is C16H14ClF3O. The Labute approximate surface area is 126 Å². The molecule has 1 atom stereocenters. The van der Waals surface area contributed by atoms with Gasteiger partial charge < -0.3 is 4.74 Å². The van der Waals surface area contributed by atoms with Gasteiger partial charge in [0.25, 0.3) is 0 Å². The highest BCUT2D eigenvalue weighted by atomic mass is 35.5. The third kappa shape index (κ3) is 3.77. The van der Waals surface area contributed by atoms with Crippen molar-refractivity contribution in [2.75, 3.05) is 13.7 Å². The number of rotatable bonds is 5.